The Morgan fingerprint density at radius 2 is 2.29 bits per heavy atom. The van der Waals surface area contributed by atoms with E-state index in [1.54, 1.807) is 6.07 Å². The van der Waals surface area contributed by atoms with E-state index in [1.807, 2.05) is 11.8 Å². The number of hydrogen-bond donors (Lipinski definition) is 1. The predicted molar refractivity (Wildman–Crippen MR) is 61.7 cm³/mol. The number of hydrogen-bond acceptors (Lipinski definition) is 5. The van der Waals surface area contributed by atoms with Crippen LogP contribution in [0.4, 0.5) is 5.82 Å². The molecule has 1 aliphatic heterocycles. The fourth-order valence-electron chi connectivity index (χ4n) is 1.72. The van der Waals surface area contributed by atoms with Crippen LogP contribution in [0.1, 0.15) is 12.2 Å². The topological polar surface area (TPSA) is 67.6 Å². The van der Waals surface area contributed by atoms with Gasteiger partial charge in [0.05, 0.1) is 13.2 Å². The fourth-order valence-corrected chi connectivity index (χ4v) is 1.72. The molecule has 0 saturated carbocycles. The van der Waals surface area contributed by atoms with Crippen LogP contribution in [0.15, 0.2) is 10.6 Å². The lowest BCUT2D eigenvalue weighted by Crippen LogP contribution is -2.41. The average Bonchev–Trinajstić information content (AvgIpc) is 2.76. The number of aryl methyl sites for hydroxylation is 1. The Balaban J connectivity index is 1.69. The molecule has 0 aliphatic carbocycles. The highest BCUT2D eigenvalue weighted by atomic mass is 16.5. The van der Waals surface area contributed by atoms with Crippen molar-refractivity contribution in [2.24, 2.45) is 0 Å². The van der Waals surface area contributed by atoms with E-state index in [4.69, 9.17) is 9.26 Å². The highest BCUT2D eigenvalue weighted by Gasteiger charge is 2.16. The molecular weight excluding hydrogens is 222 g/mol. The standard InChI is InChI=1S/C11H17N3O3/c1-9-8-10(13-17-9)12-3-2-11(15)14-4-6-16-7-5-14/h8H,2-7H2,1H3,(H,12,13). The van der Waals surface area contributed by atoms with Gasteiger partial charge in [-0.05, 0) is 6.92 Å². The number of carbonyl (C=O) groups excluding carboxylic acids is 1. The summed E-state index contributed by atoms with van der Waals surface area (Å²) in [5.41, 5.74) is 0. The van der Waals surface area contributed by atoms with Crippen LogP contribution < -0.4 is 5.32 Å². The summed E-state index contributed by atoms with van der Waals surface area (Å²) in [4.78, 5) is 13.6. The second kappa shape index (κ2) is 5.67. The second-order valence-electron chi connectivity index (χ2n) is 3.99. The lowest BCUT2D eigenvalue weighted by Gasteiger charge is -2.26. The van der Waals surface area contributed by atoms with Crippen molar-refractivity contribution in [1.82, 2.24) is 10.1 Å². The molecule has 94 valence electrons. The number of anilines is 1. The highest BCUT2D eigenvalue weighted by Crippen LogP contribution is 2.07. The van der Waals surface area contributed by atoms with Crippen LogP contribution >= 0.6 is 0 Å². The first-order chi connectivity index (χ1) is 8.25. The summed E-state index contributed by atoms with van der Waals surface area (Å²) in [7, 11) is 0. The minimum absolute atomic E-state index is 0.154. The average molecular weight is 239 g/mol. The van der Waals surface area contributed by atoms with Gasteiger partial charge in [-0.25, -0.2) is 0 Å². The third-order valence-electron chi connectivity index (χ3n) is 2.64. The van der Waals surface area contributed by atoms with Crippen LogP contribution in [0.5, 0.6) is 0 Å². The molecule has 0 atom stereocenters. The van der Waals surface area contributed by atoms with Crippen LogP contribution in [0, 0.1) is 6.92 Å². The summed E-state index contributed by atoms with van der Waals surface area (Å²) in [6.45, 7) is 5.08. The number of nitrogens with one attached hydrogen (secondary N) is 1. The lowest BCUT2D eigenvalue weighted by molar-refractivity contribution is -0.134. The third kappa shape index (κ3) is 3.45. The van der Waals surface area contributed by atoms with Gasteiger partial charge in [0.2, 0.25) is 5.91 Å². The molecule has 6 nitrogen and oxygen atoms in total. The number of amides is 1. The summed E-state index contributed by atoms with van der Waals surface area (Å²) in [5, 5.41) is 6.85. The van der Waals surface area contributed by atoms with E-state index in [2.05, 4.69) is 10.5 Å². The molecule has 1 aliphatic rings. The molecule has 0 radical (unpaired) electrons. The maximum atomic E-state index is 11.8. The number of ether oxygens (including phenoxy) is 1. The number of morpholine rings is 1. The maximum absolute atomic E-state index is 11.8. The quantitative estimate of drug-likeness (QED) is 0.835. The largest absolute Gasteiger partial charge is 0.378 e. The van der Waals surface area contributed by atoms with Gasteiger partial charge < -0.3 is 19.5 Å². The van der Waals surface area contributed by atoms with E-state index < -0.39 is 0 Å². The predicted octanol–water partition coefficient (Wildman–Crippen LogP) is 0.644. The Morgan fingerprint density at radius 3 is 2.94 bits per heavy atom. The van der Waals surface area contributed by atoms with Crippen LogP contribution in [0.2, 0.25) is 0 Å². The van der Waals surface area contributed by atoms with Crippen LogP contribution in [0.3, 0.4) is 0 Å². The zero-order valence-corrected chi connectivity index (χ0v) is 9.94. The van der Waals surface area contributed by atoms with Gasteiger partial charge in [-0.3, -0.25) is 4.79 Å². The van der Waals surface area contributed by atoms with Crippen LogP contribution in [-0.2, 0) is 9.53 Å². The fraction of sp³-hybridized carbons (Fsp3) is 0.636. The van der Waals surface area contributed by atoms with E-state index in [1.165, 1.54) is 0 Å². The Morgan fingerprint density at radius 1 is 1.53 bits per heavy atom. The van der Waals surface area contributed by atoms with Gasteiger partial charge >= 0.3 is 0 Å². The molecule has 2 rings (SSSR count). The first-order valence-electron chi connectivity index (χ1n) is 5.78. The van der Waals surface area contributed by atoms with Gasteiger partial charge in [0.15, 0.2) is 5.82 Å². The van der Waals surface area contributed by atoms with Gasteiger partial charge in [-0.2, -0.15) is 0 Å². The van der Waals surface area contributed by atoms with Gasteiger partial charge in [-0.15, -0.1) is 0 Å². The Kier molecular flexibility index (Phi) is 3.98. The zero-order valence-electron chi connectivity index (χ0n) is 9.94. The normalized spacial score (nSPS) is 15.9. The SMILES string of the molecule is Cc1cc(NCCC(=O)N2CCOCC2)no1. The molecule has 1 aromatic rings. The molecule has 17 heavy (non-hydrogen) atoms. The minimum Gasteiger partial charge on any atom is -0.378 e. The van der Waals surface area contributed by atoms with E-state index >= 15 is 0 Å². The van der Waals surface area contributed by atoms with Crippen molar-refractivity contribution in [2.75, 3.05) is 38.2 Å². The van der Waals surface area contributed by atoms with Crippen molar-refractivity contribution in [2.45, 2.75) is 13.3 Å². The molecule has 1 fully saturated rings. The number of aromatic nitrogens is 1. The Bertz CT molecular complexity index is 372. The minimum atomic E-state index is 0.154. The molecule has 6 heteroatoms. The van der Waals surface area contributed by atoms with Crippen molar-refractivity contribution in [3.63, 3.8) is 0 Å². The molecule has 0 spiro atoms. The van der Waals surface area contributed by atoms with Crippen molar-refractivity contribution < 1.29 is 14.1 Å². The first kappa shape index (κ1) is 11.9. The summed E-state index contributed by atoms with van der Waals surface area (Å²) in [6.07, 6.45) is 0.464. The Hall–Kier alpha value is -1.56. The summed E-state index contributed by atoms with van der Waals surface area (Å²) >= 11 is 0. The highest BCUT2D eigenvalue weighted by molar-refractivity contribution is 5.76. The van der Waals surface area contributed by atoms with E-state index in [0.717, 1.165) is 5.76 Å². The van der Waals surface area contributed by atoms with Crippen molar-refractivity contribution >= 4 is 11.7 Å². The molecule has 0 bridgehead atoms. The maximum Gasteiger partial charge on any atom is 0.224 e. The van der Waals surface area contributed by atoms with Gasteiger partial charge in [0.1, 0.15) is 5.76 Å². The molecular formula is C11H17N3O3. The third-order valence-corrected chi connectivity index (χ3v) is 2.64. The second-order valence-corrected chi connectivity index (χ2v) is 3.99. The van der Waals surface area contributed by atoms with E-state index in [-0.39, 0.29) is 5.91 Å². The summed E-state index contributed by atoms with van der Waals surface area (Å²) in [6, 6.07) is 1.80. The molecule has 1 saturated heterocycles. The van der Waals surface area contributed by atoms with E-state index in [0.29, 0.717) is 45.1 Å². The monoisotopic (exact) mass is 239 g/mol. The van der Waals surface area contributed by atoms with Gasteiger partial charge in [-0.1, -0.05) is 5.16 Å². The smallest absolute Gasteiger partial charge is 0.224 e. The summed E-state index contributed by atoms with van der Waals surface area (Å²) < 4.78 is 10.1. The first-order valence-corrected chi connectivity index (χ1v) is 5.78. The van der Waals surface area contributed by atoms with Gasteiger partial charge in [0.25, 0.3) is 0 Å². The summed E-state index contributed by atoms with van der Waals surface area (Å²) in [5.74, 6) is 1.59. The molecule has 1 aromatic heterocycles. The molecule has 1 N–H and O–H groups in total. The van der Waals surface area contributed by atoms with Gasteiger partial charge in [0, 0.05) is 32.1 Å². The van der Waals surface area contributed by atoms with Crippen LogP contribution in [-0.4, -0.2) is 48.8 Å². The molecule has 2 heterocycles. The Labute approximate surface area is 99.9 Å². The molecule has 0 unspecified atom stereocenters. The molecule has 1 amide bonds. The van der Waals surface area contributed by atoms with Crippen molar-refractivity contribution in [3.8, 4) is 0 Å². The number of carbonyl (C=O) groups is 1. The van der Waals surface area contributed by atoms with Crippen molar-refractivity contribution in [3.05, 3.63) is 11.8 Å². The number of rotatable bonds is 4. The zero-order chi connectivity index (χ0) is 12.1. The van der Waals surface area contributed by atoms with Crippen molar-refractivity contribution in [1.29, 1.82) is 0 Å². The lowest BCUT2D eigenvalue weighted by atomic mass is 10.3. The number of nitrogens with zero attached hydrogens (tertiary/aromatic N) is 2. The van der Waals surface area contributed by atoms with Crippen LogP contribution in [0.25, 0.3) is 0 Å². The molecule has 0 aromatic carbocycles. The van der Waals surface area contributed by atoms with E-state index in [9.17, 15) is 4.79 Å².